The van der Waals surface area contributed by atoms with Crippen LogP contribution in [0.25, 0.3) is 11.3 Å². The van der Waals surface area contributed by atoms with Crippen LogP contribution < -0.4 is 5.32 Å². The summed E-state index contributed by atoms with van der Waals surface area (Å²) in [7, 11) is -8.51. The van der Waals surface area contributed by atoms with Gasteiger partial charge in [0.15, 0.2) is 5.76 Å². The van der Waals surface area contributed by atoms with E-state index in [4.69, 9.17) is 4.42 Å². The average molecular weight is 522 g/mol. The highest BCUT2D eigenvalue weighted by atomic mass is 32.3. The Balaban J connectivity index is 2.07. The summed E-state index contributed by atoms with van der Waals surface area (Å²) >= 11 is 0. The van der Waals surface area contributed by atoms with E-state index in [2.05, 4.69) is 8.95 Å². The summed E-state index contributed by atoms with van der Waals surface area (Å²) in [6.45, 7) is 2.77. The van der Waals surface area contributed by atoms with Crippen LogP contribution in [0.1, 0.15) is 30.0 Å². The minimum absolute atomic E-state index is 0.00735. The van der Waals surface area contributed by atoms with E-state index in [9.17, 15) is 39.6 Å². The predicted octanol–water partition coefficient (Wildman–Crippen LogP) is 5.32. The van der Waals surface area contributed by atoms with E-state index in [1.807, 2.05) is 0 Å². The summed E-state index contributed by atoms with van der Waals surface area (Å²) in [5, 5.41) is 2.40. The van der Waals surface area contributed by atoms with Crippen LogP contribution in [-0.4, -0.2) is 43.6 Å². The van der Waals surface area contributed by atoms with Crippen molar-refractivity contribution < 1.29 is 47.6 Å². The zero-order valence-electron chi connectivity index (χ0n) is 17.4. The summed E-state index contributed by atoms with van der Waals surface area (Å²) in [6.07, 6.45) is -4.56. The maximum absolute atomic E-state index is 12.9. The van der Waals surface area contributed by atoms with Crippen LogP contribution in [0, 0.1) is 0 Å². The van der Waals surface area contributed by atoms with Crippen molar-refractivity contribution in [3.8, 4) is 11.3 Å². The molecule has 1 amide bonds. The third-order valence-corrected chi connectivity index (χ3v) is 10.1. The number of rotatable bonds is 9. The third-order valence-electron chi connectivity index (χ3n) is 4.63. The van der Waals surface area contributed by atoms with Gasteiger partial charge in [-0.05, 0) is 35.8 Å². The van der Waals surface area contributed by atoms with Crippen molar-refractivity contribution in [3.63, 3.8) is 0 Å². The fourth-order valence-corrected chi connectivity index (χ4v) is 7.08. The fourth-order valence-electron chi connectivity index (χ4n) is 2.75. The van der Waals surface area contributed by atoms with Crippen LogP contribution in [0.4, 0.5) is 26.3 Å². The molecule has 0 saturated carbocycles. The van der Waals surface area contributed by atoms with Crippen LogP contribution in [0.5, 0.6) is 0 Å². The van der Waals surface area contributed by atoms with Crippen molar-refractivity contribution in [2.45, 2.75) is 25.5 Å². The first-order valence-electron chi connectivity index (χ1n) is 9.48. The Bertz CT molecular complexity index is 1070. The Morgan fingerprint density at radius 2 is 1.67 bits per heavy atom. The van der Waals surface area contributed by atoms with E-state index >= 15 is 0 Å². The van der Waals surface area contributed by atoms with E-state index in [0.29, 0.717) is 0 Å². The van der Waals surface area contributed by atoms with Crippen LogP contribution in [0.2, 0.25) is 0 Å². The van der Waals surface area contributed by atoms with Crippen LogP contribution in [0.3, 0.4) is 0 Å². The summed E-state index contributed by atoms with van der Waals surface area (Å²) in [5.74, 6) is -1.15. The quantitative estimate of drug-likeness (QED) is 0.357. The third kappa shape index (κ3) is 6.67. The van der Waals surface area contributed by atoms with E-state index in [1.165, 1.54) is 38.1 Å². The largest absolute Gasteiger partial charge is 0.523 e. The number of hydrogen-bond acceptors (Lipinski definition) is 5. The minimum atomic E-state index is -5.80. The number of carbonyl (C=O) groups excluding carboxylic acids is 1. The lowest BCUT2D eigenvalue weighted by Gasteiger charge is -2.36. The number of nitrogens with one attached hydrogen (secondary N) is 1. The van der Waals surface area contributed by atoms with Gasteiger partial charge in [-0.25, -0.2) is 3.63 Å². The molecule has 1 heterocycles. The molecule has 6 nitrogen and oxygen atoms in total. The highest BCUT2D eigenvalue weighted by Crippen LogP contribution is 2.51. The van der Waals surface area contributed by atoms with Crippen molar-refractivity contribution in [2.24, 2.45) is 0 Å². The van der Waals surface area contributed by atoms with Crippen molar-refractivity contribution in [2.75, 3.05) is 23.8 Å². The average Bonchev–Trinajstić information content (AvgIpc) is 3.22. The van der Waals surface area contributed by atoms with E-state index in [0.717, 1.165) is 12.1 Å². The number of halogens is 6. The SMILES string of the molecule is CCS(CC)(CCNC(=O)c1ccc(-c2cccc(C(F)(F)F)c2)o1)OS(=O)(=O)C(F)(F)F. The van der Waals surface area contributed by atoms with Gasteiger partial charge in [-0.3, -0.25) is 4.79 Å². The molecular formula is C19H21F6NO5S2. The molecule has 0 unspecified atom stereocenters. The van der Waals surface area contributed by atoms with Gasteiger partial charge in [-0.1, -0.05) is 26.0 Å². The normalized spacial score (nSPS) is 13.7. The summed E-state index contributed by atoms with van der Waals surface area (Å²) in [4.78, 5) is 12.3. The Labute approximate surface area is 187 Å². The van der Waals surface area contributed by atoms with Gasteiger partial charge < -0.3 is 9.73 Å². The van der Waals surface area contributed by atoms with Gasteiger partial charge in [0.25, 0.3) is 5.91 Å². The van der Waals surface area contributed by atoms with Crippen molar-refractivity contribution in [1.29, 1.82) is 0 Å². The van der Waals surface area contributed by atoms with Gasteiger partial charge in [-0.15, -0.1) is 10.3 Å². The lowest BCUT2D eigenvalue weighted by atomic mass is 10.1. The molecule has 2 rings (SSSR count). The fraction of sp³-hybridized carbons (Fsp3) is 0.421. The number of carbonyl (C=O) groups is 1. The first-order valence-corrected chi connectivity index (χ1v) is 13.0. The first kappa shape index (κ1) is 27.1. The summed E-state index contributed by atoms with van der Waals surface area (Å²) in [5.41, 5.74) is -6.36. The van der Waals surface area contributed by atoms with E-state index in [1.54, 1.807) is 0 Å². The van der Waals surface area contributed by atoms with Crippen molar-refractivity contribution in [3.05, 3.63) is 47.7 Å². The Kier molecular flexibility index (Phi) is 8.18. The Morgan fingerprint density at radius 1 is 1.03 bits per heavy atom. The Morgan fingerprint density at radius 3 is 2.21 bits per heavy atom. The first-order chi connectivity index (χ1) is 15.1. The lowest BCUT2D eigenvalue weighted by Crippen LogP contribution is -2.33. The molecule has 0 spiro atoms. The van der Waals surface area contributed by atoms with Gasteiger partial charge in [-0.2, -0.15) is 34.8 Å². The van der Waals surface area contributed by atoms with Crippen LogP contribution in [0.15, 0.2) is 40.8 Å². The maximum Gasteiger partial charge on any atom is 0.523 e. The molecule has 0 bridgehead atoms. The molecule has 0 aliphatic heterocycles. The molecule has 1 aromatic carbocycles. The topological polar surface area (TPSA) is 85.6 Å². The molecule has 0 radical (unpaired) electrons. The number of furan rings is 1. The summed E-state index contributed by atoms with van der Waals surface area (Å²) < 4.78 is 109. The smallest absolute Gasteiger partial charge is 0.451 e. The molecule has 0 fully saturated rings. The van der Waals surface area contributed by atoms with Crippen molar-refractivity contribution >= 4 is 26.3 Å². The highest BCUT2D eigenvalue weighted by molar-refractivity contribution is 8.33. The molecule has 14 heteroatoms. The van der Waals surface area contributed by atoms with E-state index in [-0.39, 0.29) is 40.9 Å². The second kappa shape index (κ2) is 9.97. The molecule has 186 valence electrons. The van der Waals surface area contributed by atoms with Gasteiger partial charge in [0.05, 0.1) is 5.56 Å². The lowest BCUT2D eigenvalue weighted by molar-refractivity contribution is -0.137. The standard InChI is InChI=1S/C19H21F6NO5S2/c1-3-32(4-2,31-33(28,29)19(23,24)25)11-10-26-17(27)16-9-8-15(30-16)13-6-5-7-14(12-13)18(20,21)22/h5-9,12H,3-4,10-11H2,1-2H3,(H,26,27). The molecule has 2 aromatic rings. The predicted molar refractivity (Wildman–Crippen MR) is 111 cm³/mol. The van der Waals surface area contributed by atoms with Gasteiger partial charge in [0.1, 0.15) is 5.76 Å². The number of alkyl halides is 6. The zero-order chi connectivity index (χ0) is 25.1. The van der Waals surface area contributed by atoms with Crippen LogP contribution in [-0.2, 0) is 19.9 Å². The number of hydrogen-bond donors (Lipinski definition) is 1. The molecule has 1 N–H and O–H groups in total. The molecular weight excluding hydrogens is 500 g/mol. The second-order valence-electron chi connectivity index (χ2n) is 6.71. The molecule has 0 aliphatic carbocycles. The number of benzene rings is 1. The maximum atomic E-state index is 12.9. The Hall–Kier alpha value is -2.19. The van der Waals surface area contributed by atoms with Gasteiger partial charge in [0.2, 0.25) is 0 Å². The second-order valence-corrected chi connectivity index (χ2v) is 12.1. The minimum Gasteiger partial charge on any atom is -0.451 e. The van der Waals surface area contributed by atoms with Gasteiger partial charge >= 0.3 is 21.8 Å². The highest BCUT2D eigenvalue weighted by Gasteiger charge is 2.50. The zero-order valence-corrected chi connectivity index (χ0v) is 19.1. The molecule has 0 aliphatic rings. The van der Waals surface area contributed by atoms with Gasteiger partial charge in [0, 0.05) is 17.9 Å². The van der Waals surface area contributed by atoms with Crippen LogP contribution >= 0.6 is 10.3 Å². The van der Waals surface area contributed by atoms with E-state index < -0.39 is 43.6 Å². The molecule has 0 atom stereocenters. The summed E-state index contributed by atoms with van der Waals surface area (Å²) in [6, 6.07) is 6.84. The molecule has 1 aromatic heterocycles. The number of amides is 1. The molecule has 0 saturated heterocycles. The van der Waals surface area contributed by atoms with Crippen molar-refractivity contribution in [1.82, 2.24) is 5.32 Å². The monoisotopic (exact) mass is 521 g/mol. The molecule has 33 heavy (non-hydrogen) atoms.